The van der Waals surface area contributed by atoms with Crippen LogP contribution in [0.5, 0.6) is 0 Å². The van der Waals surface area contributed by atoms with Crippen molar-refractivity contribution in [2.45, 2.75) is 17.2 Å². The van der Waals surface area contributed by atoms with Crippen molar-refractivity contribution >= 4 is 15.9 Å². The molecule has 14 heteroatoms. The number of halogens is 6. The van der Waals surface area contributed by atoms with E-state index in [1.54, 1.807) is 5.43 Å². The third-order valence-corrected chi connectivity index (χ3v) is 4.19. The van der Waals surface area contributed by atoms with Crippen molar-refractivity contribution < 1.29 is 39.6 Å². The maximum atomic E-state index is 12.8. The molecular weight excluding hydrogens is 406 g/mol. The Balaban J connectivity index is 2.36. The number of carbonyl (C=O) groups excluding carboxylic acids is 1. The summed E-state index contributed by atoms with van der Waals surface area (Å²) < 4.78 is 101. The molecular formula is C13H8F6N4O3S. The number of nitrogens with one attached hydrogen (secondary N) is 2. The molecule has 0 fully saturated rings. The Labute approximate surface area is 147 Å². The number of hydrazine groups is 1. The molecule has 1 aromatic heterocycles. The molecule has 0 aliphatic rings. The van der Waals surface area contributed by atoms with E-state index in [2.05, 4.69) is 9.97 Å². The van der Waals surface area contributed by atoms with Crippen LogP contribution in [0.15, 0.2) is 41.7 Å². The zero-order valence-corrected chi connectivity index (χ0v) is 13.6. The van der Waals surface area contributed by atoms with E-state index in [9.17, 15) is 39.6 Å². The number of carbonyl (C=O) groups is 1. The van der Waals surface area contributed by atoms with Crippen molar-refractivity contribution in [1.82, 2.24) is 20.2 Å². The van der Waals surface area contributed by atoms with E-state index in [1.807, 2.05) is 0 Å². The van der Waals surface area contributed by atoms with E-state index in [0.29, 0.717) is 0 Å². The molecule has 27 heavy (non-hydrogen) atoms. The predicted octanol–water partition coefficient (Wildman–Crippen LogP) is 2.14. The lowest BCUT2D eigenvalue weighted by molar-refractivity contribution is -0.143. The molecule has 146 valence electrons. The summed E-state index contributed by atoms with van der Waals surface area (Å²) in [6, 6.07) is -0.213. The zero-order valence-electron chi connectivity index (χ0n) is 12.8. The van der Waals surface area contributed by atoms with Gasteiger partial charge in [-0.25, -0.2) is 13.4 Å². The van der Waals surface area contributed by atoms with Crippen molar-refractivity contribution in [1.29, 1.82) is 0 Å². The third kappa shape index (κ3) is 5.13. The molecule has 2 aromatic rings. The maximum Gasteiger partial charge on any atom is 0.416 e. The first-order chi connectivity index (χ1) is 12.3. The number of rotatable bonds is 4. The lowest BCUT2D eigenvalue weighted by Crippen LogP contribution is -2.42. The summed E-state index contributed by atoms with van der Waals surface area (Å²) in [5, 5.41) is 0. The highest BCUT2D eigenvalue weighted by Gasteiger charge is 2.38. The second kappa shape index (κ2) is 7.11. The smallest absolute Gasteiger partial charge is 0.272 e. The zero-order chi connectivity index (χ0) is 20.5. The van der Waals surface area contributed by atoms with Gasteiger partial charge in [-0.2, -0.15) is 26.3 Å². The molecule has 0 aliphatic carbocycles. The number of benzene rings is 1. The molecule has 2 N–H and O–H groups in total. The molecule has 1 aromatic carbocycles. The number of hydrogen-bond donors (Lipinski definition) is 2. The fourth-order valence-electron chi connectivity index (χ4n) is 1.73. The summed E-state index contributed by atoms with van der Waals surface area (Å²) in [5.74, 6) is -1.13. The largest absolute Gasteiger partial charge is 0.416 e. The minimum absolute atomic E-state index is 0.00600. The number of nitrogens with zero attached hydrogens (tertiary/aromatic N) is 2. The van der Waals surface area contributed by atoms with Crippen LogP contribution in [0.3, 0.4) is 0 Å². The van der Waals surface area contributed by atoms with Gasteiger partial charge in [0.1, 0.15) is 5.69 Å². The molecule has 0 atom stereocenters. The molecule has 1 heterocycles. The second-order valence-corrected chi connectivity index (χ2v) is 6.57. The summed E-state index contributed by atoms with van der Waals surface area (Å²) in [5.41, 5.74) is -2.38. The molecule has 0 spiro atoms. The summed E-state index contributed by atoms with van der Waals surface area (Å²) >= 11 is 0. The molecule has 1 amide bonds. The Bertz CT molecular complexity index is 913. The van der Waals surface area contributed by atoms with Crippen LogP contribution in [0.1, 0.15) is 21.6 Å². The van der Waals surface area contributed by atoms with Crippen LogP contribution >= 0.6 is 0 Å². The van der Waals surface area contributed by atoms with Crippen LogP contribution in [-0.4, -0.2) is 24.3 Å². The topological polar surface area (TPSA) is 101 Å². The Morgan fingerprint density at radius 1 is 0.926 bits per heavy atom. The predicted molar refractivity (Wildman–Crippen MR) is 76.3 cm³/mol. The van der Waals surface area contributed by atoms with Gasteiger partial charge in [0.2, 0.25) is 0 Å². The lowest BCUT2D eigenvalue weighted by atomic mass is 10.1. The molecule has 7 nitrogen and oxygen atoms in total. The van der Waals surface area contributed by atoms with E-state index in [-0.39, 0.29) is 23.9 Å². The van der Waals surface area contributed by atoms with Crippen molar-refractivity contribution in [3.8, 4) is 0 Å². The number of amides is 1. The van der Waals surface area contributed by atoms with Gasteiger partial charge >= 0.3 is 12.4 Å². The van der Waals surface area contributed by atoms with Gasteiger partial charge in [-0.05, 0) is 18.2 Å². The average molecular weight is 414 g/mol. The number of aromatic nitrogens is 2. The Morgan fingerprint density at radius 3 is 1.93 bits per heavy atom. The first-order valence-corrected chi connectivity index (χ1v) is 8.17. The summed E-state index contributed by atoms with van der Waals surface area (Å²) in [6.45, 7) is 0. The van der Waals surface area contributed by atoms with Crippen molar-refractivity contribution in [3.63, 3.8) is 0 Å². The fourth-order valence-corrected chi connectivity index (χ4v) is 2.64. The van der Waals surface area contributed by atoms with E-state index < -0.39 is 44.3 Å². The van der Waals surface area contributed by atoms with E-state index >= 15 is 0 Å². The van der Waals surface area contributed by atoms with Crippen LogP contribution < -0.4 is 10.3 Å². The third-order valence-electron chi connectivity index (χ3n) is 2.97. The SMILES string of the molecule is O=C(NNS(=O)(=O)c1cc(C(F)(F)F)cc(C(F)(F)F)c1)c1cnccn1. The number of hydrogen-bond acceptors (Lipinski definition) is 5. The molecule has 0 saturated carbocycles. The lowest BCUT2D eigenvalue weighted by Gasteiger charge is -2.15. The maximum absolute atomic E-state index is 12.8. The van der Waals surface area contributed by atoms with Gasteiger partial charge in [0.15, 0.2) is 0 Å². The van der Waals surface area contributed by atoms with Gasteiger partial charge in [0.25, 0.3) is 15.9 Å². The summed E-state index contributed by atoms with van der Waals surface area (Å²) in [7, 11) is -4.96. The Kier molecular flexibility index (Phi) is 5.42. The van der Waals surface area contributed by atoms with Crippen molar-refractivity contribution in [2.24, 2.45) is 0 Å². The second-order valence-electron chi connectivity index (χ2n) is 4.89. The van der Waals surface area contributed by atoms with E-state index in [0.717, 1.165) is 12.4 Å². The highest BCUT2D eigenvalue weighted by Crippen LogP contribution is 2.37. The molecule has 0 radical (unpaired) electrons. The molecule has 0 unspecified atom stereocenters. The van der Waals surface area contributed by atoms with Gasteiger partial charge in [0, 0.05) is 12.4 Å². The molecule has 0 bridgehead atoms. The highest BCUT2D eigenvalue weighted by molar-refractivity contribution is 7.89. The van der Waals surface area contributed by atoms with Gasteiger partial charge < -0.3 is 0 Å². The van der Waals surface area contributed by atoms with Crippen molar-refractivity contribution in [2.75, 3.05) is 0 Å². The van der Waals surface area contributed by atoms with Crippen LogP contribution in [0.4, 0.5) is 26.3 Å². The normalized spacial score (nSPS) is 12.7. The van der Waals surface area contributed by atoms with Crippen LogP contribution in [-0.2, 0) is 22.4 Å². The standard InChI is InChI=1S/C13H8F6N4O3S/c14-12(15,16)7-3-8(13(17,18)19)5-9(4-7)27(25,26)23-22-11(24)10-6-20-1-2-21-10/h1-6,23H,(H,22,24). The Morgan fingerprint density at radius 2 is 1.48 bits per heavy atom. The molecule has 2 rings (SSSR count). The van der Waals surface area contributed by atoms with Gasteiger partial charge in [-0.1, -0.05) is 0 Å². The first kappa shape index (κ1) is 20.6. The quantitative estimate of drug-likeness (QED) is 0.590. The minimum atomic E-state index is -5.23. The van der Waals surface area contributed by atoms with Gasteiger partial charge in [-0.3, -0.25) is 15.2 Å². The summed E-state index contributed by atoms with van der Waals surface area (Å²) in [4.78, 5) is 18.8. The minimum Gasteiger partial charge on any atom is -0.272 e. The number of sulfonamides is 1. The van der Waals surface area contributed by atoms with Gasteiger partial charge in [-0.15, -0.1) is 4.83 Å². The molecule has 0 aliphatic heterocycles. The first-order valence-electron chi connectivity index (χ1n) is 6.68. The fraction of sp³-hybridized carbons (Fsp3) is 0.154. The van der Waals surface area contributed by atoms with Crippen LogP contribution in [0.25, 0.3) is 0 Å². The molecule has 0 saturated heterocycles. The van der Waals surface area contributed by atoms with E-state index in [1.165, 1.54) is 11.0 Å². The van der Waals surface area contributed by atoms with E-state index in [4.69, 9.17) is 0 Å². The van der Waals surface area contributed by atoms with Crippen LogP contribution in [0, 0.1) is 0 Å². The summed E-state index contributed by atoms with van der Waals surface area (Å²) in [6.07, 6.45) is -7.19. The number of alkyl halides is 6. The average Bonchev–Trinajstić information content (AvgIpc) is 2.58. The van der Waals surface area contributed by atoms with Crippen molar-refractivity contribution in [3.05, 3.63) is 53.6 Å². The Hall–Kier alpha value is -2.74. The highest BCUT2D eigenvalue weighted by atomic mass is 32.2. The van der Waals surface area contributed by atoms with Gasteiger partial charge in [0.05, 0.1) is 22.2 Å². The monoisotopic (exact) mass is 414 g/mol. The van der Waals surface area contributed by atoms with Crippen LogP contribution in [0.2, 0.25) is 0 Å².